The van der Waals surface area contributed by atoms with Gasteiger partial charge in [0.25, 0.3) is 0 Å². The SMILES string of the molecule is CC1(c2ccccc2)OC(C)(C)C(C)(C)O1. The van der Waals surface area contributed by atoms with Gasteiger partial charge in [0.1, 0.15) is 0 Å². The highest BCUT2D eigenvalue weighted by Gasteiger charge is 2.55. The van der Waals surface area contributed by atoms with Crippen LogP contribution in [-0.4, -0.2) is 11.2 Å². The average molecular weight is 220 g/mol. The van der Waals surface area contributed by atoms with E-state index < -0.39 is 5.79 Å². The van der Waals surface area contributed by atoms with Crippen LogP contribution in [0, 0.1) is 0 Å². The molecule has 0 unspecified atom stereocenters. The summed E-state index contributed by atoms with van der Waals surface area (Å²) in [7, 11) is 0. The molecule has 0 aromatic heterocycles. The summed E-state index contributed by atoms with van der Waals surface area (Å²) in [5.41, 5.74) is 0.475. The van der Waals surface area contributed by atoms with Crippen LogP contribution in [0.4, 0.5) is 0 Å². The van der Waals surface area contributed by atoms with Crippen LogP contribution in [0.5, 0.6) is 0 Å². The van der Waals surface area contributed by atoms with E-state index in [1.165, 1.54) is 0 Å². The monoisotopic (exact) mass is 220 g/mol. The maximum Gasteiger partial charge on any atom is 0.193 e. The molecule has 1 aliphatic rings. The highest BCUT2D eigenvalue weighted by molar-refractivity contribution is 5.22. The van der Waals surface area contributed by atoms with Gasteiger partial charge in [-0.15, -0.1) is 0 Å². The molecule has 1 aromatic rings. The third kappa shape index (κ3) is 1.66. The molecule has 2 rings (SSSR count). The number of benzene rings is 1. The number of hydrogen-bond donors (Lipinski definition) is 0. The molecule has 0 bridgehead atoms. The third-order valence-corrected chi connectivity index (χ3v) is 3.65. The molecule has 2 nitrogen and oxygen atoms in total. The molecule has 1 fully saturated rings. The van der Waals surface area contributed by atoms with Crippen LogP contribution in [0.2, 0.25) is 0 Å². The van der Waals surface area contributed by atoms with Crippen molar-refractivity contribution >= 4 is 0 Å². The Morgan fingerprint density at radius 2 is 1.19 bits per heavy atom. The number of hydrogen-bond acceptors (Lipinski definition) is 2. The van der Waals surface area contributed by atoms with Crippen LogP contribution in [0.25, 0.3) is 0 Å². The van der Waals surface area contributed by atoms with E-state index in [0.717, 1.165) is 5.56 Å². The molecule has 0 spiro atoms. The zero-order valence-electron chi connectivity index (χ0n) is 10.7. The lowest BCUT2D eigenvalue weighted by molar-refractivity contribution is -0.186. The smallest absolute Gasteiger partial charge is 0.193 e. The first kappa shape index (κ1) is 11.6. The van der Waals surface area contributed by atoms with Crippen LogP contribution in [0.1, 0.15) is 40.2 Å². The minimum absolute atomic E-state index is 0.294. The van der Waals surface area contributed by atoms with E-state index in [-0.39, 0.29) is 11.2 Å². The Balaban J connectivity index is 2.38. The molecule has 16 heavy (non-hydrogen) atoms. The van der Waals surface area contributed by atoms with Crippen molar-refractivity contribution in [1.29, 1.82) is 0 Å². The average Bonchev–Trinajstić information content (AvgIpc) is 2.33. The fraction of sp³-hybridized carbons (Fsp3) is 0.571. The molecule has 2 heteroatoms. The molecule has 88 valence electrons. The zero-order chi connectivity index (χ0) is 12.0. The zero-order valence-corrected chi connectivity index (χ0v) is 10.7. The van der Waals surface area contributed by atoms with Crippen molar-refractivity contribution < 1.29 is 9.47 Å². The summed E-state index contributed by atoms with van der Waals surface area (Å²) in [5, 5.41) is 0. The van der Waals surface area contributed by atoms with Crippen molar-refractivity contribution in [2.75, 3.05) is 0 Å². The molecule has 0 atom stereocenters. The topological polar surface area (TPSA) is 18.5 Å². The Morgan fingerprint density at radius 1 is 0.750 bits per heavy atom. The van der Waals surface area contributed by atoms with Crippen molar-refractivity contribution in [1.82, 2.24) is 0 Å². The third-order valence-electron chi connectivity index (χ3n) is 3.65. The van der Waals surface area contributed by atoms with E-state index in [1.54, 1.807) is 0 Å². The summed E-state index contributed by atoms with van der Waals surface area (Å²) < 4.78 is 12.2. The van der Waals surface area contributed by atoms with Gasteiger partial charge in [0.05, 0.1) is 11.2 Å². The molecule has 1 aromatic carbocycles. The molecule has 0 aliphatic carbocycles. The summed E-state index contributed by atoms with van der Waals surface area (Å²) in [6, 6.07) is 10.1. The van der Waals surface area contributed by atoms with Gasteiger partial charge in [-0.05, 0) is 34.6 Å². The standard InChI is InChI=1S/C14H20O2/c1-12(2)13(3,4)16-14(5,15-12)11-9-7-6-8-10-11/h6-10H,1-5H3. The largest absolute Gasteiger partial charge is 0.337 e. The Hall–Kier alpha value is -0.860. The Labute approximate surface area is 97.6 Å². The van der Waals surface area contributed by atoms with Crippen LogP contribution < -0.4 is 0 Å². The van der Waals surface area contributed by atoms with Gasteiger partial charge in [-0.3, -0.25) is 0 Å². The normalized spacial score (nSPS) is 25.6. The quantitative estimate of drug-likeness (QED) is 0.721. The molecule has 0 N–H and O–H groups in total. The van der Waals surface area contributed by atoms with Gasteiger partial charge in [-0.1, -0.05) is 30.3 Å². The second kappa shape index (κ2) is 3.31. The number of ether oxygens (including phenoxy) is 2. The summed E-state index contributed by atoms with van der Waals surface area (Å²) in [6.45, 7) is 10.3. The van der Waals surface area contributed by atoms with Crippen LogP contribution in [-0.2, 0) is 15.3 Å². The Morgan fingerprint density at radius 3 is 1.62 bits per heavy atom. The highest BCUT2D eigenvalue weighted by atomic mass is 16.8. The minimum atomic E-state index is -0.645. The van der Waals surface area contributed by atoms with E-state index in [0.29, 0.717) is 0 Å². The van der Waals surface area contributed by atoms with Crippen molar-refractivity contribution in [3.05, 3.63) is 35.9 Å². The van der Waals surface area contributed by atoms with Gasteiger partial charge in [0.2, 0.25) is 0 Å². The fourth-order valence-corrected chi connectivity index (χ4v) is 2.10. The van der Waals surface area contributed by atoms with Gasteiger partial charge in [-0.25, -0.2) is 0 Å². The van der Waals surface area contributed by atoms with Crippen molar-refractivity contribution in [2.24, 2.45) is 0 Å². The Bertz CT molecular complexity index is 363. The van der Waals surface area contributed by atoms with Crippen molar-refractivity contribution in [2.45, 2.75) is 51.6 Å². The first-order valence-electron chi connectivity index (χ1n) is 5.73. The van der Waals surface area contributed by atoms with E-state index >= 15 is 0 Å². The maximum atomic E-state index is 6.12. The molecular weight excluding hydrogens is 200 g/mol. The van der Waals surface area contributed by atoms with Gasteiger partial charge >= 0.3 is 0 Å². The highest BCUT2D eigenvalue weighted by Crippen LogP contribution is 2.48. The summed E-state index contributed by atoms with van der Waals surface area (Å²) >= 11 is 0. The van der Waals surface area contributed by atoms with Gasteiger partial charge in [-0.2, -0.15) is 0 Å². The Kier molecular flexibility index (Phi) is 2.41. The molecule has 0 saturated carbocycles. The number of rotatable bonds is 1. The maximum absolute atomic E-state index is 6.12. The lowest BCUT2D eigenvalue weighted by Gasteiger charge is -2.30. The van der Waals surface area contributed by atoms with Crippen LogP contribution in [0.3, 0.4) is 0 Å². The predicted octanol–water partition coefficient (Wildman–Crippen LogP) is 3.46. The van der Waals surface area contributed by atoms with Crippen molar-refractivity contribution in [3.8, 4) is 0 Å². The van der Waals surface area contributed by atoms with E-state index in [2.05, 4.69) is 27.7 Å². The molecule has 0 radical (unpaired) electrons. The van der Waals surface area contributed by atoms with Gasteiger partial charge in [0, 0.05) is 5.56 Å². The van der Waals surface area contributed by atoms with Crippen LogP contribution in [0.15, 0.2) is 30.3 Å². The van der Waals surface area contributed by atoms with Crippen molar-refractivity contribution in [3.63, 3.8) is 0 Å². The lowest BCUT2D eigenvalue weighted by Crippen LogP contribution is -2.41. The first-order chi connectivity index (χ1) is 7.27. The van der Waals surface area contributed by atoms with E-state index in [4.69, 9.17) is 9.47 Å². The van der Waals surface area contributed by atoms with E-state index in [1.807, 2.05) is 37.3 Å². The summed E-state index contributed by atoms with van der Waals surface area (Å²) in [4.78, 5) is 0. The fourth-order valence-electron chi connectivity index (χ4n) is 2.10. The molecule has 1 aliphatic heterocycles. The molecule has 1 saturated heterocycles. The van der Waals surface area contributed by atoms with Crippen LogP contribution >= 0.6 is 0 Å². The second-order valence-electron chi connectivity index (χ2n) is 5.54. The molecular formula is C14H20O2. The predicted molar refractivity (Wildman–Crippen MR) is 64.1 cm³/mol. The van der Waals surface area contributed by atoms with E-state index in [9.17, 15) is 0 Å². The lowest BCUT2D eigenvalue weighted by atomic mass is 9.90. The minimum Gasteiger partial charge on any atom is -0.337 e. The van der Waals surface area contributed by atoms with Gasteiger partial charge in [0.15, 0.2) is 5.79 Å². The first-order valence-corrected chi connectivity index (χ1v) is 5.73. The molecule has 0 amide bonds. The molecule has 1 heterocycles. The summed E-state index contributed by atoms with van der Waals surface area (Å²) in [6.07, 6.45) is 0. The van der Waals surface area contributed by atoms with Gasteiger partial charge < -0.3 is 9.47 Å². The second-order valence-corrected chi connectivity index (χ2v) is 5.54. The summed E-state index contributed by atoms with van der Waals surface area (Å²) in [5.74, 6) is -0.645.